The van der Waals surface area contributed by atoms with Gasteiger partial charge in [0.1, 0.15) is 24.7 Å². The molecule has 2 aliphatic carbocycles. The third-order valence-electron chi connectivity index (χ3n) is 16.2. The van der Waals surface area contributed by atoms with Gasteiger partial charge in [-0.1, -0.05) is 121 Å². The number of alkyl halides is 6. The van der Waals surface area contributed by atoms with Crippen molar-refractivity contribution >= 4 is 35.3 Å². The average molecular weight is 1250 g/mol. The summed E-state index contributed by atoms with van der Waals surface area (Å²) in [7, 11) is 3.77. The second-order valence-electron chi connectivity index (χ2n) is 22.3. The Labute approximate surface area is 512 Å². The lowest BCUT2D eigenvalue weighted by Crippen LogP contribution is -2.47. The van der Waals surface area contributed by atoms with Crippen molar-refractivity contribution < 1.29 is 44.7 Å². The van der Waals surface area contributed by atoms with Crippen LogP contribution >= 0.6 is 23.5 Å². The molecule has 1 fully saturated rings. The Bertz CT molecular complexity index is 3870. The summed E-state index contributed by atoms with van der Waals surface area (Å²) in [5.41, 5.74) is 7.60. The number of hydrogen-bond donors (Lipinski definition) is 0. The lowest BCUT2D eigenvalue weighted by atomic mass is 10.0. The van der Waals surface area contributed by atoms with Gasteiger partial charge in [-0.25, -0.2) is 8.78 Å². The van der Waals surface area contributed by atoms with Gasteiger partial charge in [0.25, 0.3) is 11.1 Å². The lowest BCUT2D eigenvalue weighted by Gasteiger charge is -2.38. The number of nitrogens with zero attached hydrogens (tertiary/aromatic N) is 7. The number of piperidine rings is 1. The first-order valence-corrected chi connectivity index (χ1v) is 30.9. The highest BCUT2D eigenvalue weighted by Gasteiger charge is 2.33. The molecule has 6 aromatic carbocycles. The summed E-state index contributed by atoms with van der Waals surface area (Å²) < 4.78 is 108. The van der Waals surface area contributed by atoms with Crippen LogP contribution in [0, 0.1) is 11.6 Å². The Kier molecular flexibility index (Phi) is 19.8. The number of likely N-dealkylation sites (N-methyl/N-ethyl adjacent to an activating group) is 1. The predicted molar refractivity (Wildman–Crippen MR) is 324 cm³/mol. The van der Waals surface area contributed by atoms with Crippen LogP contribution in [0.25, 0.3) is 22.3 Å². The van der Waals surface area contributed by atoms with E-state index in [1.165, 1.54) is 72.1 Å². The highest BCUT2D eigenvalue weighted by molar-refractivity contribution is 7.98. The number of carbonyl (C=O) groups excluding carboxylic acids is 2. The van der Waals surface area contributed by atoms with Gasteiger partial charge < -0.3 is 23.8 Å². The summed E-state index contributed by atoms with van der Waals surface area (Å²) >= 11 is 2.71. The average Bonchev–Trinajstić information content (AvgIpc) is 2.92. The van der Waals surface area contributed by atoms with Crippen LogP contribution in [-0.4, -0.2) is 78.8 Å². The van der Waals surface area contributed by atoms with Gasteiger partial charge in [-0.15, -0.1) is 0 Å². The molecule has 1 saturated heterocycles. The Balaban J connectivity index is 0.000000196. The summed E-state index contributed by atoms with van der Waals surface area (Å²) in [4.78, 5) is 67.7. The topological polar surface area (TPSA) is 114 Å². The van der Waals surface area contributed by atoms with E-state index in [1.54, 1.807) is 36.2 Å². The molecule has 8 aromatic rings. The zero-order valence-corrected chi connectivity index (χ0v) is 50.0. The third-order valence-corrected chi connectivity index (χ3v) is 18.3. The van der Waals surface area contributed by atoms with Crippen LogP contribution in [0.5, 0.6) is 0 Å². The highest BCUT2D eigenvalue weighted by atomic mass is 32.2. The van der Waals surface area contributed by atoms with Gasteiger partial charge >= 0.3 is 12.4 Å². The SMILES string of the molecule is CN(Cc1ccc(-c2ccc(C(F)(F)F)cc2)cc1)C(=O)Cn1c(SCc2ccc(F)cc2)nc(=O)c2c1CCC2.CN1CCC(N(Cc2ccc(-c3ccc(C(F)(F)F)cc3)cc2)C(=O)Cn2c(SCc3ccc(F)cc3)nc(=O)c3c2CCC3)CC1. The molecule has 0 spiro atoms. The molecule has 1 aliphatic heterocycles. The lowest BCUT2D eigenvalue weighted by molar-refractivity contribution is -0.138. The minimum atomic E-state index is -4.39. The minimum absolute atomic E-state index is 0.0293. The number of halogens is 8. The molecule has 21 heteroatoms. The van der Waals surface area contributed by atoms with E-state index in [4.69, 9.17) is 0 Å². The van der Waals surface area contributed by atoms with Crippen molar-refractivity contribution in [3.63, 3.8) is 0 Å². The third kappa shape index (κ3) is 15.7. The smallest absolute Gasteiger partial charge is 0.340 e. The molecule has 11 nitrogen and oxygen atoms in total. The predicted octanol–water partition coefficient (Wildman–Crippen LogP) is 13.5. The Morgan fingerprint density at radius 3 is 1.27 bits per heavy atom. The second-order valence-corrected chi connectivity index (χ2v) is 24.2. The molecular weight excluding hydrogens is 1180 g/mol. The van der Waals surface area contributed by atoms with E-state index in [-0.39, 0.29) is 53.7 Å². The van der Waals surface area contributed by atoms with Gasteiger partial charge in [-0.3, -0.25) is 19.2 Å². The number of benzene rings is 6. The van der Waals surface area contributed by atoms with Crippen LogP contribution in [0.3, 0.4) is 0 Å². The Morgan fingerprint density at radius 1 is 0.511 bits per heavy atom. The van der Waals surface area contributed by atoms with Crippen molar-refractivity contribution in [3.05, 3.63) is 234 Å². The first-order valence-electron chi connectivity index (χ1n) is 28.9. The van der Waals surface area contributed by atoms with Gasteiger partial charge in [-0.05, 0) is 165 Å². The highest BCUT2D eigenvalue weighted by Crippen LogP contribution is 2.34. The summed E-state index contributed by atoms with van der Waals surface area (Å²) in [5, 5.41) is 0.945. The normalized spacial score (nSPS) is 14.2. The fraction of sp³-hybridized carbons (Fsp3) is 0.313. The molecule has 0 radical (unpaired) electrons. The van der Waals surface area contributed by atoms with Crippen molar-refractivity contribution in [3.8, 4) is 22.3 Å². The summed E-state index contributed by atoms with van der Waals surface area (Å²) in [6, 6.07) is 37.4. The van der Waals surface area contributed by atoms with E-state index < -0.39 is 23.5 Å². The first-order chi connectivity index (χ1) is 42.1. The zero-order valence-electron chi connectivity index (χ0n) is 48.4. The molecule has 0 saturated carbocycles. The van der Waals surface area contributed by atoms with Gasteiger partial charge in [-0.2, -0.15) is 36.3 Å². The van der Waals surface area contributed by atoms with E-state index >= 15 is 0 Å². The molecule has 11 rings (SSSR count). The molecule has 3 aliphatic rings. The van der Waals surface area contributed by atoms with Gasteiger partial charge in [0.2, 0.25) is 11.8 Å². The van der Waals surface area contributed by atoms with Crippen LogP contribution in [-0.2, 0) is 85.3 Å². The largest absolute Gasteiger partial charge is 0.416 e. The van der Waals surface area contributed by atoms with Crippen molar-refractivity contribution in [1.29, 1.82) is 0 Å². The summed E-state index contributed by atoms with van der Waals surface area (Å²) in [6.07, 6.45) is -2.78. The Hall–Kier alpha value is -7.88. The molecule has 0 N–H and O–H groups in total. The maximum absolute atomic E-state index is 14.3. The van der Waals surface area contributed by atoms with Crippen LogP contribution in [0.1, 0.15) is 81.6 Å². The van der Waals surface area contributed by atoms with Crippen molar-refractivity contribution in [2.24, 2.45) is 0 Å². The van der Waals surface area contributed by atoms with E-state index in [9.17, 15) is 54.3 Å². The molecule has 3 heterocycles. The number of rotatable bonds is 17. The number of amides is 2. The fourth-order valence-corrected chi connectivity index (χ4v) is 13.2. The summed E-state index contributed by atoms with van der Waals surface area (Å²) in [5.74, 6) is 0.0913. The molecule has 0 bridgehead atoms. The van der Waals surface area contributed by atoms with Crippen LogP contribution in [0.15, 0.2) is 165 Å². The van der Waals surface area contributed by atoms with E-state index in [2.05, 4.69) is 21.9 Å². The minimum Gasteiger partial charge on any atom is -0.340 e. The number of fused-ring (bicyclic) bond motifs is 2. The van der Waals surface area contributed by atoms with Crippen LogP contribution < -0.4 is 11.1 Å². The molecular formula is C67H63F8N7O4S2. The van der Waals surface area contributed by atoms with E-state index in [0.717, 1.165) is 108 Å². The van der Waals surface area contributed by atoms with Crippen molar-refractivity contribution in [1.82, 2.24) is 33.8 Å². The van der Waals surface area contributed by atoms with Crippen LogP contribution in [0.4, 0.5) is 35.1 Å². The number of aromatic nitrogens is 4. The molecule has 0 unspecified atom stereocenters. The monoisotopic (exact) mass is 1250 g/mol. The van der Waals surface area contributed by atoms with E-state index in [0.29, 0.717) is 82.8 Å². The quantitative estimate of drug-likeness (QED) is 0.0499. The standard InChI is InChI=1S/C36H36F4N4O2S.C31H27F4N3O2S/c1-42-19-17-30(18-20-42)43(21-24-5-9-26(10-6-24)27-11-13-28(14-12-27)36(38,39)40)33(45)22-44-32-4-2-3-31(32)34(46)41-35(44)47-23-25-7-15-29(37)16-8-25;1-37(17-20-5-9-22(10-6-20)23-11-13-24(14-12-23)31(33,34)35)28(39)18-38-27-4-2-3-26(27)29(40)36-30(38)41-19-21-7-15-25(32)16-8-21/h5-16,30H,2-4,17-23H2,1H3;5-16H,2-4,17-19H2,1H3. The molecule has 88 heavy (non-hydrogen) atoms. The number of thioether (sulfide) groups is 2. The molecule has 0 atom stereocenters. The Morgan fingerprint density at radius 2 is 0.875 bits per heavy atom. The van der Waals surface area contributed by atoms with Crippen LogP contribution in [0.2, 0.25) is 0 Å². The second kappa shape index (κ2) is 27.7. The number of hydrogen-bond acceptors (Lipinski definition) is 9. The van der Waals surface area contributed by atoms with Crippen molar-refractivity contribution in [2.75, 3.05) is 27.2 Å². The number of likely N-dealkylation sites (tertiary alicyclic amines) is 1. The molecule has 2 amide bonds. The van der Waals surface area contributed by atoms with Gasteiger partial charge in [0.05, 0.1) is 11.1 Å². The first kappa shape index (κ1) is 63.1. The van der Waals surface area contributed by atoms with Crippen molar-refractivity contribution in [2.45, 2.75) is 118 Å². The van der Waals surface area contributed by atoms with Gasteiger partial charge in [0, 0.05) is 60.2 Å². The zero-order chi connectivity index (χ0) is 62.3. The maximum Gasteiger partial charge on any atom is 0.416 e. The number of carbonyl (C=O) groups is 2. The summed E-state index contributed by atoms with van der Waals surface area (Å²) in [6.45, 7) is 2.54. The van der Waals surface area contributed by atoms with Gasteiger partial charge in [0.15, 0.2) is 10.3 Å². The van der Waals surface area contributed by atoms with E-state index in [1.807, 2.05) is 62.6 Å². The fourth-order valence-electron chi connectivity index (χ4n) is 11.3. The maximum atomic E-state index is 14.3. The molecule has 2 aromatic heterocycles. The molecule has 458 valence electrons.